The number of thiophene rings is 1. The van der Waals surface area contributed by atoms with E-state index in [9.17, 15) is 9.90 Å². The molecule has 0 spiro atoms. The lowest BCUT2D eigenvalue weighted by atomic mass is 9.95. The third-order valence-corrected chi connectivity index (χ3v) is 6.71. The van der Waals surface area contributed by atoms with Gasteiger partial charge in [-0.2, -0.15) is 0 Å². The molecule has 1 aliphatic rings. The van der Waals surface area contributed by atoms with E-state index < -0.39 is 0 Å². The van der Waals surface area contributed by atoms with Gasteiger partial charge in [0.2, 0.25) is 0 Å². The Morgan fingerprint density at radius 3 is 3.00 bits per heavy atom. The summed E-state index contributed by atoms with van der Waals surface area (Å²) in [4.78, 5) is 18.8. The van der Waals surface area contributed by atoms with E-state index in [0.29, 0.717) is 28.4 Å². The lowest BCUT2D eigenvalue weighted by Crippen LogP contribution is -2.23. The number of rotatable bonds is 5. The number of carbonyl (C=O) groups excluding carboxylic acids is 1. The molecule has 1 aromatic carbocycles. The fourth-order valence-corrected chi connectivity index (χ4v) is 5.42. The van der Waals surface area contributed by atoms with Gasteiger partial charge >= 0.3 is 0 Å². The Bertz CT molecular complexity index is 1080. The number of hydrogen-bond acceptors (Lipinski definition) is 5. The highest BCUT2D eigenvalue weighted by molar-refractivity contribution is 9.10. The largest absolute Gasteiger partial charge is 0.506 e. The van der Waals surface area contributed by atoms with Crippen molar-refractivity contribution in [1.29, 1.82) is 0 Å². The molecule has 5 nitrogen and oxygen atoms in total. The number of phenols is 1. The Balaban J connectivity index is 1.66. The molecule has 0 unspecified atom stereocenters. The molecular formula is C21H18BrClN2O3S. The van der Waals surface area contributed by atoms with Crippen molar-refractivity contribution in [2.45, 2.75) is 32.2 Å². The Morgan fingerprint density at radius 2 is 2.21 bits per heavy atom. The molecule has 0 saturated carbocycles. The summed E-state index contributed by atoms with van der Waals surface area (Å²) >= 11 is 11.0. The summed E-state index contributed by atoms with van der Waals surface area (Å²) in [5, 5.41) is 14.0. The van der Waals surface area contributed by atoms with Gasteiger partial charge in [0, 0.05) is 21.1 Å². The zero-order valence-corrected chi connectivity index (χ0v) is 18.5. The van der Waals surface area contributed by atoms with Crippen LogP contribution in [-0.4, -0.2) is 17.2 Å². The summed E-state index contributed by atoms with van der Waals surface area (Å²) in [6, 6.07) is 6.96. The van der Waals surface area contributed by atoms with Gasteiger partial charge in [-0.3, -0.25) is 4.79 Å². The lowest BCUT2D eigenvalue weighted by Gasteiger charge is -2.12. The maximum Gasteiger partial charge on any atom is 0.255 e. The van der Waals surface area contributed by atoms with E-state index in [1.807, 2.05) is 6.07 Å². The molecule has 2 aromatic heterocycles. The van der Waals surface area contributed by atoms with Crippen LogP contribution >= 0.6 is 38.9 Å². The summed E-state index contributed by atoms with van der Waals surface area (Å²) in [5.74, 6) is 0.495. The fraction of sp³-hybridized carbons (Fsp3) is 0.238. The van der Waals surface area contributed by atoms with E-state index in [4.69, 9.17) is 16.0 Å². The van der Waals surface area contributed by atoms with Crippen molar-refractivity contribution in [1.82, 2.24) is 5.32 Å². The number of hydrogen-bond donors (Lipinski definition) is 2. The van der Waals surface area contributed by atoms with Crippen molar-refractivity contribution in [2.75, 3.05) is 0 Å². The number of aromatic hydroxyl groups is 1. The standard InChI is InChI=1S/C21H18BrClN2O3S/c22-13-8-12(19(26)16(23)9-13)10-25-21-18(15-5-1-2-6-17(15)29-21)20(27)24-11-14-4-3-7-28-14/h3-4,7-10,26H,1-2,5-6,11H2,(H,24,27). The van der Waals surface area contributed by atoms with Crippen molar-refractivity contribution >= 4 is 56.0 Å². The smallest absolute Gasteiger partial charge is 0.255 e. The van der Waals surface area contributed by atoms with Crippen molar-refractivity contribution < 1.29 is 14.3 Å². The molecule has 0 fully saturated rings. The van der Waals surface area contributed by atoms with Gasteiger partial charge < -0.3 is 14.8 Å². The van der Waals surface area contributed by atoms with Gasteiger partial charge in [0.1, 0.15) is 16.5 Å². The van der Waals surface area contributed by atoms with Crippen LogP contribution in [-0.2, 0) is 19.4 Å². The number of aliphatic imine (C=N–C) groups is 1. The monoisotopic (exact) mass is 492 g/mol. The summed E-state index contributed by atoms with van der Waals surface area (Å²) < 4.78 is 6.04. The quantitative estimate of drug-likeness (QED) is 0.427. The van der Waals surface area contributed by atoms with Crippen LogP contribution in [0.4, 0.5) is 5.00 Å². The number of amides is 1. The summed E-state index contributed by atoms with van der Waals surface area (Å²) in [5.41, 5.74) is 2.19. The van der Waals surface area contributed by atoms with Gasteiger partial charge in [0.25, 0.3) is 5.91 Å². The first-order valence-corrected chi connectivity index (χ1v) is 11.2. The normalized spacial score (nSPS) is 13.6. The van der Waals surface area contributed by atoms with Crippen LogP contribution < -0.4 is 5.32 Å². The molecule has 2 N–H and O–H groups in total. The third-order valence-electron chi connectivity index (χ3n) is 4.76. The van der Waals surface area contributed by atoms with Crippen LogP contribution in [0.5, 0.6) is 5.75 Å². The van der Waals surface area contributed by atoms with Crippen molar-refractivity contribution in [3.8, 4) is 5.75 Å². The van der Waals surface area contributed by atoms with Crippen molar-refractivity contribution in [2.24, 2.45) is 4.99 Å². The Labute approximate surface area is 185 Å². The molecule has 1 aliphatic carbocycles. The van der Waals surface area contributed by atoms with Gasteiger partial charge in [0.15, 0.2) is 0 Å². The minimum Gasteiger partial charge on any atom is -0.506 e. The van der Waals surface area contributed by atoms with Gasteiger partial charge in [-0.15, -0.1) is 11.3 Å². The van der Waals surface area contributed by atoms with Crippen molar-refractivity contribution in [3.05, 3.63) is 67.4 Å². The zero-order chi connectivity index (χ0) is 20.4. The topological polar surface area (TPSA) is 74.8 Å². The third kappa shape index (κ3) is 4.42. The van der Waals surface area contributed by atoms with Gasteiger partial charge in [0.05, 0.1) is 23.4 Å². The van der Waals surface area contributed by atoms with Crippen LogP contribution in [0.1, 0.15) is 45.0 Å². The number of carbonyl (C=O) groups is 1. The lowest BCUT2D eigenvalue weighted by molar-refractivity contribution is 0.0948. The average molecular weight is 494 g/mol. The van der Waals surface area contributed by atoms with E-state index in [1.54, 1.807) is 30.7 Å². The molecule has 0 aliphatic heterocycles. The highest BCUT2D eigenvalue weighted by atomic mass is 79.9. The molecule has 8 heteroatoms. The van der Waals surface area contributed by atoms with E-state index in [1.165, 1.54) is 16.2 Å². The van der Waals surface area contributed by atoms with Crippen LogP contribution in [0.25, 0.3) is 0 Å². The van der Waals surface area contributed by atoms with Crippen LogP contribution in [0.15, 0.2) is 44.4 Å². The molecule has 1 amide bonds. The number of furan rings is 1. The molecule has 29 heavy (non-hydrogen) atoms. The first-order chi connectivity index (χ1) is 14.0. The second kappa shape index (κ2) is 8.73. The number of halogens is 2. The minimum absolute atomic E-state index is 0.0382. The minimum atomic E-state index is -0.163. The first kappa shape index (κ1) is 20.2. The number of benzene rings is 1. The van der Waals surface area contributed by atoms with Gasteiger partial charge in [-0.05, 0) is 55.5 Å². The summed E-state index contributed by atoms with van der Waals surface area (Å²) in [6.45, 7) is 0.321. The van der Waals surface area contributed by atoms with E-state index in [-0.39, 0.29) is 16.7 Å². The number of nitrogens with one attached hydrogen (secondary N) is 1. The molecule has 150 valence electrons. The highest BCUT2D eigenvalue weighted by Gasteiger charge is 2.25. The second-order valence-corrected chi connectivity index (χ2v) is 9.14. The van der Waals surface area contributed by atoms with Crippen LogP contribution in [0.3, 0.4) is 0 Å². The molecule has 4 rings (SSSR count). The first-order valence-electron chi connectivity index (χ1n) is 9.20. The molecule has 0 radical (unpaired) electrons. The molecular weight excluding hydrogens is 476 g/mol. The molecule has 3 aromatic rings. The van der Waals surface area contributed by atoms with Gasteiger partial charge in [-0.25, -0.2) is 4.99 Å². The fourth-order valence-electron chi connectivity index (χ4n) is 3.36. The number of nitrogens with zero attached hydrogens (tertiary/aromatic N) is 1. The predicted octanol–water partition coefficient (Wildman–Crippen LogP) is 6.02. The zero-order valence-electron chi connectivity index (χ0n) is 15.4. The van der Waals surface area contributed by atoms with E-state index >= 15 is 0 Å². The Kier molecular flexibility index (Phi) is 6.08. The highest BCUT2D eigenvalue weighted by Crippen LogP contribution is 2.40. The summed E-state index contributed by atoms with van der Waals surface area (Å²) in [6.07, 6.45) is 7.14. The Morgan fingerprint density at radius 1 is 1.38 bits per heavy atom. The number of fused-ring (bicyclic) bond motifs is 1. The number of phenolic OH excluding ortho intramolecular Hbond substituents is 1. The average Bonchev–Trinajstić information content (AvgIpc) is 3.35. The van der Waals surface area contributed by atoms with E-state index in [2.05, 4.69) is 26.2 Å². The molecule has 0 saturated heterocycles. The SMILES string of the molecule is O=C(NCc1ccco1)c1c(N=Cc2cc(Br)cc(Cl)c2O)sc2c1CCCC2. The van der Waals surface area contributed by atoms with Gasteiger partial charge in [-0.1, -0.05) is 27.5 Å². The second-order valence-electron chi connectivity index (χ2n) is 6.74. The maximum atomic E-state index is 13.0. The van der Waals surface area contributed by atoms with Crippen LogP contribution in [0.2, 0.25) is 5.02 Å². The van der Waals surface area contributed by atoms with E-state index in [0.717, 1.165) is 35.7 Å². The molecule has 2 heterocycles. The van der Waals surface area contributed by atoms with Crippen molar-refractivity contribution in [3.63, 3.8) is 0 Å². The molecule has 0 bridgehead atoms. The summed E-state index contributed by atoms with van der Waals surface area (Å²) in [7, 11) is 0. The predicted molar refractivity (Wildman–Crippen MR) is 119 cm³/mol. The maximum absolute atomic E-state index is 13.0. The number of aryl methyl sites for hydroxylation is 1. The van der Waals surface area contributed by atoms with Crippen LogP contribution in [0, 0.1) is 0 Å². The molecule has 0 atom stereocenters. The Hall–Kier alpha value is -2.09.